The van der Waals surface area contributed by atoms with E-state index in [2.05, 4.69) is 12.2 Å². The molecule has 6 heteroatoms. The van der Waals surface area contributed by atoms with Crippen LogP contribution >= 0.6 is 24.0 Å². The molecule has 0 aromatic heterocycles. The van der Waals surface area contributed by atoms with Gasteiger partial charge >= 0.3 is 0 Å². The standard InChI is InChI=1S/C16H19NO3S2/c1-3-5-8-20-12-7-6-11(9-13(12)19-4-2)10-14-15(18)17-16(21)22-14/h6-7,9-10H,3-5,8H2,1-2H3,(H,17,18,21)/b14-10-. The van der Waals surface area contributed by atoms with E-state index in [1.54, 1.807) is 6.08 Å². The van der Waals surface area contributed by atoms with Crippen molar-refractivity contribution in [2.45, 2.75) is 26.7 Å². The van der Waals surface area contributed by atoms with Crippen LogP contribution in [0, 0.1) is 0 Å². The van der Waals surface area contributed by atoms with Gasteiger partial charge in [0.05, 0.1) is 18.1 Å². The molecule has 22 heavy (non-hydrogen) atoms. The molecule has 1 fully saturated rings. The molecular formula is C16H19NO3S2. The number of amides is 1. The van der Waals surface area contributed by atoms with Crippen molar-refractivity contribution in [3.63, 3.8) is 0 Å². The summed E-state index contributed by atoms with van der Waals surface area (Å²) in [6.45, 7) is 5.28. The molecule has 1 heterocycles. The fourth-order valence-corrected chi connectivity index (χ4v) is 2.95. The highest BCUT2D eigenvalue weighted by molar-refractivity contribution is 8.26. The minimum atomic E-state index is -0.156. The highest BCUT2D eigenvalue weighted by Crippen LogP contribution is 2.32. The molecule has 0 radical (unpaired) electrons. The van der Waals surface area contributed by atoms with Crippen LogP contribution in [0.25, 0.3) is 6.08 Å². The molecule has 0 aliphatic carbocycles. The summed E-state index contributed by atoms with van der Waals surface area (Å²) in [5.74, 6) is 1.27. The van der Waals surface area contributed by atoms with Crippen molar-refractivity contribution in [3.05, 3.63) is 28.7 Å². The molecule has 2 rings (SSSR count). The quantitative estimate of drug-likeness (QED) is 0.466. The summed E-state index contributed by atoms with van der Waals surface area (Å²) in [5, 5.41) is 2.60. The van der Waals surface area contributed by atoms with Crippen LogP contribution in [0.1, 0.15) is 32.3 Å². The zero-order valence-corrected chi connectivity index (χ0v) is 14.3. The van der Waals surface area contributed by atoms with Crippen LogP contribution in [-0.4, -0.2) is 23.4 Å². The molecule has 1 aliphatic rings. The van der Waals surface area contributed by atoms with Crippen molar-refractivity contribution < 1.29 is 14.3 Å². The lowest BCUT2D eigenvalue weighted by atomic mass is 10.2. The Balaban J connectivity index is 2.19. The summed E-state index contributed by atoms with van der Waals surface area (Å²) in [7, 11) is 0. The third kappa shape index (κ3) is 4.48. The van der Waals surface area contributed by atoms with E-state index in [4.69, 9.17) is 21.7 Å². The number of thiocarbonyl (C=S) groups is 1. The van der Waals surface area contributed by atoms with Gasteiger partial charge in [-0.05, 0) is 37.1 Å². The molecule has 118 valence electrons. The summed E-state index contributed by atoms with van der Waals surface area (Å²) in [5.41, 5.74) is 0.883. The van der Waals surface area contributed by atoms with Gasteiger partial charge in [0.15, 0.2) is 11.5 Å². The van der Waals surface area contributed by atoms with Gasteiger partial charge in [0, 0.05) is 0 Å². The van der Waals surface area contributed by atoms with Gasteiger partial charge in [-0.3, -0.25) is 4.79 Å². The van der Waals surface area contributed by atoms with Gasteiger partial charge in [-0.15, -0.1) is 0 Å². The van der Waals surface area contributed by atoms with E-state index in [9.17, 15) is 4.79 Å². The number of nitrogens with one attached hydrogen (secondary N) is 1. The average Bonchev–Trinajstić information content (AvgIpc) is 2.79. The molecule has 1 aromatic rings. The fourth-order valence-electron chi connectivity index (χ4n) is 1.90. The second kappa shape index (κ2) is 8.19. The van der Waals surface area contributed by atoms with E-state index in [0.29, 0.717) is 28.2 Å². The van der Waals surface area contributed by atoms with Crippen LogP contribution in [-0.2, 0) is 4.79 Å². The predicted molar refractivity (Wildman–Crippen MR) is 94.3 cm³/mol. The van der Waals surface area contributed by atoms with Crippen molar-refractivity contribution in [2.24, 2.45) is 0 Å². The highest BCUT2D eigenvalue weighted by Gasteiger charge is 2.22. The zero-order chi connectivity index (χ0) is 15.9. The molecule has 4 nitrogen and oxygen atoms in total. The van der Waals surface area contributed by atoms with Gasteiger partial charge in [-0.25, -0.2) is 0 Å². The van der Waals surface area contributed by atoms with Crippen molar-refractivity contribution in [1.82, 2.24) is 5.32 Å². The number of benzene rings is 1. The summed E-state index contributed by atoms with van der Waals surface area (Å²) < 4.78 is 11.9. The van der Waals surface area contributed by atoms with E-state index in [1.165, 1.54) is 11.8 Å². The van der Waals surface area contributed by atoms with Gasteiger partial charge in [0.25, 0.3) is 5.91 Å². The summed E-state index contributed by atoms with van der Waals surface area (Å²) in [6, 6.07) is 5.67. The third-order valence-corrected chi connectivity index (χ3v) is 4.13. The van der Waals surface area contributed by atoms with Gasteiger partial charge in [-0.1, -0.05) is 43.4 Å². The molecule has 1 amide bonds. The van der Waals surface area contributed by atoms with Crippen LogP contribution in [0.4, 0.5) is 0 Å². The lowest BCUT2D eigenvalue weighted by Crippen LogP contribution is -2.17. The Hall–Kier alpha value is -1.53. The minimum Gasteiger partial charge on any atom is -0.490 e. The first-order valence-electron chi connectivity index (χ1n) is 7.28. The smallest absolute Gasteiger partial charge is 0.263 e. The van der Waals surface area contributed by atoms with Gasteiger partial charge in [0.2, 0.25) is 0 Å². The second-order valence-electron chi connectivity index (χ2n) is 4.69. The van der Waals surface area contributed by atoms with Crippen LogP contribution in [0.15, 0.2) is 23.1 Å². The molecule has 1 aliphatic heterocycles. The Kier molecular flexibility index (Phi) is 6.27. The number of carbonyl (C=O) groups excluding carboxylic acids is 1. The monoisotopic (exact) mass is 337 g/mol. The first-order chi connectivity index (χ1) is 10.6. The van der Waals surface area contributed by atoms with Crippen LogP contribution < -0.4 is 14.8 Å². The summed E-state index contributed by atoms with van der Waals surface area (Å²) in [6.07, 6.45) is 3.89. The fraction of sp³-hybridized carbons (Fsp3) is 0.375. The molecule has 0 unspecified atom stereocenters. The van der Waals surface area contributed by atoms with Crippen molar-refractivity contribution in [3.8, 4) is 11.5 Å². The molecule has 0 atom stereocenters. The highest BCUT2D eigenvalue weighted by atomic mass is 32.2. The summed E-state index contributed by atoms with van der Waals surface area (Å²) >= 11 is 6.25. The Labute approximate surface area is 140 Å². The maximum Gasteiger partial charge on any atom is 0.263 e. The largest absolute Gasteiger partial charge is 0.490 e. The average molecular weight is 337 g/mol. The molecule has 0 bridgehead atoms. The van der Waals surface area contributed by atoms with E-state index in [-0.39, 0.29) is 5.91 Å². The Morgan fingerprint density at radius 3 is 2.73 bits per heavy atom. The Morgan fingerprint density at radius 2 is 2.09 bits per heavy atom. The second-order valence-corrected chi connectivity index (χ2v) is 6.41. The van der Waals surface area contributed by atoms with Gasteiger partial charge < -0.3 is 14.8 Å². The van der Waals surface area contributed by atoms with Gasteiger partial charge in [-0.2, -0.15) is 0 Å². The number of hydrogen-bond acceptors (Lipinski definition) is 5. The molecule has 1 aromatic carbocycles. The normalized spacial score (nSPS) is 16.0. The molecule has 1 saturated heterocycles. The van der Waals surface area contributed by atoms with E-state index >= 15 is 0 Å². The molecule has 0 saturated carbocycles. The van der Waals surface area contributed by atoms with E-state index in [1.807, 2.05) is 25.1 Å². The number of thioether (sulfide) groups is 1. The minimum absolute atomic E-state index is 0.156. The maximum absolute atomic E-state index is 11.7. The molecule has 1 N–H and O–H groups in total. The molecular weight excluding hydrogens is 318 g/mol. The lowest BCUT2D eigenvalue weighted by molar-refractivity contribution is -0.115. The van der Waals surface area contributed by atoms with Crippen molar-refractivity contribution in [2.75, 3.05) is 13.2 Å². The number of rotatable bonds is 7. The first-order valence-corrected chi connectivity index (χ1v) is 8.51. The third-order valence-electron chi connectivity index (χ3n) is 2.96. The Morgan fingerprint density at radius 1 is 1.27 bits per heavy atom. The first kappa shape index (κ1) is 16.8. The van der Waals surface area contributed by atoms with E-state index < -0.39 is 0 Å². The van der Waals surface area contributed by atoms with Crippen LogP contribution in [0.3, 0.4) is 0 Å². The summed E-state index contributed by atoms with van der Waals surface area (Å²) in [4.78, 5) is 12.3. The predicted octanol–water partition coefficient (Wildman–Crippen LogP) is 3.75. The lowest BCUT2D eigenvalue weighted by Gasteiger charge is -2.12. The van der Waals surface area contributed by atoms with Gasteiger partial charge in [0.1, 0.15) is 4.32 Å². The SMILES string of the molecule is CCCCOc1ccc(/C=C2\SC(=S)NC2=O)cc1OCC. The van der Waals surface area contributed by atoms with Crippen LogP contribution in [0.5, 0.6) is 11.5 Å². The number of unbranched alkanes of at least 4 members (excludes halogenated alkanes) is 1. The van der Waals surface area contributed by atoms with Crippen molar-refractivity contribution in [1.29, 1.82) is 0 Å². The van der Waals surface area contributed by atoms with Crippen molar-refractivity contribution >= 4 is 40.3 Å². The zero-order valence-electron chi connectivity index (χ0n) is 12.7. The topological polar surface area (TPSA) is 47.6 Å². The number of carbonyl (C=O) groups is 1. The molecule has 0 spiro atoms. The number of hydrogen-bond donors (Lipinski definition) is 1. The number of ether oxygens (including phenoxy) is 2. The van der Waals surface area contributed by atoms with Crippen LogP contribution in [0.2, 0.25) is 0 Å². The maximum atomic E-state index is 11.7. The Bertz CT molecular complexity index is 599. The van der Waals surface area contributed by atoms with E-state index in [0.717, 1.165) is 24.2 Å².